The Kier molecular flexibility index (Phi) is 5.24. The van der Waals surface area contributed by atoms with Crippen LogP contribution in [0.5, 0.6) is 0 Å². The number of nitrogens with zero attached hydrogens (tertiary/aromatic N) is 1. The van der Waals surface area contributed by atoms with Crippen LogP contribution in [0.25, 0.3) is 10.2 Å². The number of hydrogen-bond acceptors (Lipinski definition) is 6. The number of ether oxygens (including phenoxy) is 1. The molecule has 1 aliphatic rings. The van der Waals surface area contributed by atoms with Gasteiger partial charge in [0, 0.05) is 18.4 Å². The number of carbonyl (C=O) groups excluding carboxylic acids is 2. The van der Waals surface area contributed by atoms with Gasteiger partial charge in [0.15, 0.2) is 4.34 Å². The summed E-state index contributed by atoms with van der Waals surface area (Å²) in [4.78, 5) is 27.2. The zero-order valence-corrected chi connectivity index (χ0v) is 15.8. The van der Waals surface area contributed by atoms with Crippen molar-refractivity contribution in [3.05, 3.63) is 18.2 Å². The largest absolute Gasteiger partial charge is 0.465 e. The lowest BCUT2D eigenvalue weighted by Crippen LogP contribution is -2.16. The molecule has 1 aromatic carbocycles. The fraction of sp³-hybridized carbons (Fsp3) is 0.400. The average molecular weight is 405 g/mol. The Labute approximate surface area is 157 Å². The molecule has 0 bridgehead atoms. The van der Waals surface area contributed by atoms with Crippen LogP contribution in [0, 0.1) is 5.92 Å². The smallest absolute Gasteiger partial charge is 0.302 e. The van der Waals surface area contributed by atoms with E-state index in [1.54, 1.807) is 6.07 Å². The summed E-state index contributed by atoms with van der Waals surface area (Å²) in [5.41, 5.74) is 1.56. The molecule has 1 atom stereocenters. The number of halogens is 2. The van der Waals surface area contributed by atoms with Crippen LogP contribution >= 0.6 is 46.3 Å². The predicted molar refractivity (Wildman–Crippen MR) is 98.2 cm³/mol. The number of alkyl halides is 2. The third-order valence-corrected chi connectivity index (χ3v) is 6.35. The highest BCUT2D eigenvalue weighted by molar-refractivity contribution is 8.01. The fourth-order valence-corrected chi connectivity index (χ4v) is 4.59. The Balaban J connectivity index is 1.61. The van der Waals surface area contributed by atoms with E-state index in [0.29, 0.717) is 24.5 Å². The van der Waals surface area contributed by atoms with Gasteiger partial charge in [-0.2, -0.15) is 0 Å². The van der Waals surface area contributed by atoms with E-state index in [0.717, 1.165) is 14.6 Å². The number of thioether (sulfide) groups is 1. The predicted octanol–water partition coefficient (Wildman–Crippen LogP) is 4.08. The normalized spacial score (nSPS) is 18.4. The summed E-state index contributed by atoms with van der Waals surface area (Å²) in [7, 11) is 0. The summed E-state index contributed by atoms with van der Waals surface area (Å²) in [5.74, 6) is -0.155. The van der Waals surface area contributed by atoms with E-state index in [4.69, 9.17) is 27.9 Å². The lowest BCUT2D eigenvalue weighted by Gasteiger charge is -2.04. The van der Waals surface area contributed by atoms with Gasteiger partial charge >= 0.3 is 5.97 Å². The van der Waals surface area contributed by atoms with Gasteiger partial charge in [0.05, 0.1) is 16.1 Å². The molecule has 1 amide bonds. The highest BCUT2D eigenvalue weighted by Crippen LogP contribution is 2.53. The molecule has 2 aromatic rings. The summed E-state index contributed by atoms with van der Waals surface area (Å²) in [5, 5.41) is 2.83. The zero-order chi connectivity index (χ0) is 17.3. The minimum Gasteiger partial charge on any atom is -0.465 e. The van der Waals surface area contributed by atoms with E-state index in [-0.39, 0.29) is 17.8 Å². The maximum atomic E-state index is 12.0. The number of hydrogen-bond donors (Lipinski definition) is 1. The topological polar surface area (TPSA) is 68.3 Å². The van der Waals surface area contributed by atoms with Crippen LogP contribution in [-0.4, -0.2) is 33.6 Å². The molecule has 3 rings (SSSR count). The van der Waals surface area contributed by atoms with Gasteiger partial charge in [0.1, 0.15) is 10.9 Å². The van der Waals surface area contributed by atoms with Crippen molar-refractivity contribution in [3.63, 3.8) is 0 Å². The van der Waals surface area contributed by atoms with Crippen molar-refractivity contribution in [1.29, 1.82) is 0 Å². The third-order valence-electron chi connectivity index (χ3n) is 3.39. The molecule has 1 heterocycles. The molecule has 1 aliphatic carbocycles. The highest BCUT2D eigenvalue weighted by atomic mass is 35.5. The lowest BCUT2D eigenvalue weighted by atomic mass is 10.3. The second-order valence-electron chi connectivity index (χ2n) is 5.36. The monoisotopic (exact) mass is 404 g/mol. The Bertz CT molecular complexity index is 794. The number of thiazole rings is 1. The summed E-state index contributed by atoms with van der Waals surface area (Å²) < 4.78 is 5.83. The number of anilines is 1. The van der Waals surface area contributed by atoms with Gasteiger partial charge in [-0.05, 0) is 24.6 Å². The molecule has 0 radical (unpaired) electrons. The molecule has 0 saturated heterocycles. The summed E-state index contributed by atoms with van der Waals surface area (Å²) in [6, 6.07) is 5.55. The number of aromatic nitrogens is 1. The molecular formula is C15H14Cl2N2O3S2. The second-order valence-corrected chi connectivity index (χ2v) is 9.27. The van der Waals surface area contributed by atoms with Crippen LogP contribution in [0.3, 0.4) is 0 Å². The lowest BCUT2D eigenvalue weighted by molar-refractivity contribution is -0.140. The first kappa shape index (κ1) is 17.8. The first-order chi connectivity index (χ1) is 11.3. The van der Waals surface area contributed by atoms with Crippen LogP contribution in [0.15, 0.2) is 22.5 Å². The number of benzene rings is 1. The van der Waals surface area contributed by atoms with E-state index in [1.807, 2.05) is 12.1 Å². The maximum Gasteiger partial charge on any atom is 0.302 e. The van der Waals surface area contributed by atoms with Crippen LogP contribution in [0.4, 0.5) is 5.69 Å². The Hall–Kier alpha value is -1.02. The number of carbonyl (C=O) groups is 2. The van der Waals surface area contributed by atoms with E-state index in [1.165, 1.54) is 30.0 Å². The Morgan fingerprint density at radius 3 is 2.92 bits per heavy atom. The first-order valence-corrected chi connectivity index (χ1v) is 9.76. The summed E-state index contributed by atoms with van der Waals surface area (Å²) >= 11 is 14.9. The molecule has 1 fully saturated rings. The van der Waals surface area contributed by atoms with E-state index in [2.05, 4.69) is 10.3 Å². The Morgan fingerprint density at radius 2 is 2.25 bits per heavy atom. The van der Waals surface area contributed by atoms with Gasteiger partial charge in [-0.15, -0.1) is 34.5 Å². The van der Waals surface area contributed by atoms with E-state index < -0.39 is 4.33 Å². The van der Waals surface area contributed by atoms with Crippen LogP contribution in [0.1, 0.15) is 13.3 Å². The fourth-order valence-electron chi connectivity index (χ4n) is 2.08. The molecule has 128 valence electrons. The SMILES string of the molecule is CC(=O)OCCSc1nc2ccc(NC(=O)C3CC3(Cl)Cl)cc2s1. The van der Waals surface area contributed by atoms with Crippen LogP contribution in [0.2, 0.25) is 0 Å². The van der Waals surface area contributed by atoms with Gasteiger partial charge in [-0.3, -0.25) is 9.59 Å². The van der Waals surface area contributed by atoms with Crippen LogP contribution < -0.4 is 5.32 Å². The second kappa shape index (κ2) is 7.07. The van der Waals surface area contributed by atoms with Gasteiger partial charge in [-0.1, -0.05) is 11.8 Å². The molecule has 1 unspecified atom stereocenters. The molecule has 5 nitrogen and oxygen atoms in total. The van der Waals surface area contributed by atoms with Gasteiger partial charge in [-0.25, -0.2) is 4.98 Å². The van der Waals surface area contributed by atoms with Crippen molar-refractivity contribution >= 4 is 74.1 Å². The van der Waals surface area contributed by atoms with Crippen LogP contribution in [-0.2, 0) is 14.3 Å². The molecule has 1 aromatic heterocycles. The zero-order valence-electron chi connectivity index (χ0n) is 12.7. The standard InChI is InChI=1S/C15H14Cl2N2O3S2/c1-8(20)22-4-5-23-14-19-11-3-2-9(6-12(11)24-14)18-13(21)10-7-15(10,16)17/h2-3,6,10H,4-5,7H2,1H3,(H,18,21). The van der Waals surface area contributed by atoms with E-state index in [9.17, 15) is 9.59 Å². The number of rotatable bonds is 6. The van der Waals surface area contributed by atoms with Crippen molar-refractivity contribution < 1.29 is 14.3 Å². The Morgan fingerprint density at radius 1 is 1.50 bits per heavy atom. The molecule has 24 heavy (non-hydrogen) atoms. The van der Waals surface area contributed by atoms with Gasteiger partial charge in [0.25, 0.3) is 0 Å². The van der Waals surface area contributed by atoms with E-state index >= 15 is 0 Å². The minimum absolute atomic E-state index is 0.167. The summed E-state index contributed by atoms with van der Waals surface area (Å²) in [6.07, 6.45) is 0.480. The molecule has 0 aliphatic heterocycles. The van der Waals surface area contributed by atoms with Crippen molar-refractivity contribution in [2.75, 3.05) is 17.7 Å². The minimum atomic E-state index is -0.926. The van der Waals surface area contributed by atoms with Crippen molar-refractivity contribution in [2.24, 2.45) is 5.92 Å². The number of amides is 1. The molecule has 1 N–H and O–H groups in total. The average Bonchev–Trinajstić information content (AvgIpc) is 2.97. The number of fused-ring (bicyclic) bond motifs is 1. The van der Waals surface area contributed by atoms with Crippen molar-refractivity contribution in [2.45, 2.75) is 22.0 Å². The molecule has 1 saturated carbocycles. The quantitative estimate of drug-likeness (QED) is 0.340. The molecule has 0 spiro atoms. The van der Waals surface area contributed by atoms with Gasteiger partial charge in [0.2, 0.25) is 5.91 Å². The maximum absolute atomic E-state index is 12.0. The summed E-state index contributed by atoms with van der Waals surface area (Å²) in [6.45, 7) is 1.75. The molecule has 9 heteroatoms. The van der Waals surface area contributed by atoms with Crippen molar-refractivity contribution in [1.82, 2.24) is 4.98 Å². The van der Waals surface area contributed by atoms with Crippen molar-refractivity contribution in [3.8, 4) is 0 Å². The van der Waals surface area contributed by atoms with Gasteiger partial charge < -0.3 is 10.1 Å². The third kappa shape index (κ3) is 4.33. The number of nitrogens with one attached hydrogen (secondary N) is 1. The highest BCUT2D eigenvalue weighted by Gasteiger charge is 2.56. The first-order valence-electron chi connectivity index (χ1n) is 7.20. The number of esters is 1. The molecular weight excluding hydrogens is 391 g/mol.